The van der Waals surface area contributed by atoms with E-state index in [2.05, 4.69) is 26.7 Å². The van der Waals surface area contributed by atoms with Crippen LogP contribution in [-0.4, -0.2) is 15.9 Å². The van der Waals surface area contributed by atoms with Crippen molar-refractivity contribution in [3.8, 4) is 0 Å². The van der Waals surface area contributed by atoms with Gasteiger partial charge in [0, 0.05) is 17.9 Å². The van der Waals surface area contributed by atoms with Crippen molar-refractivity contribution >= 4 is 17.5 Å². The van der Waals surface area contributed by atoms with E-state index in [0.29, 0.717) is 18.2 Å². The number of amides is 1. The molecule has 3 aromatic rings. The summed E-state index contributed by atoms with van der Waals surface area (Å²) in [6.45, 7) is 6.39. The van der Waals surface area contributed by atoms with Gasteiger partial charge in [-0.3, -0.25) is 4.79 Å². The van der Waals surface area contributed by atoms with Crippen LogP contribution in [0.1, 0.15) is 32.9 Å². The van der Waals surface area contributed by atoms with Gasteiger partial charge in [-0.15, -0.1) is 0 Å². The van der Waals surface area contributed by atoms with Crippen molar-refractivity contribution in [2.45, 2.75) is 27.3 Å². The lowest BCUT2D eigenvalue weighted by molar-refractivity contribution is 0.0945. The number of nitrogens with zero attached hydrogens (tertiary/aromatic N) is 2. The molecule has 0 saturated carbocycles. The molecule has 2 N–H and O–H groups in total. The fourth-order valence-electron chi connectivity index (χ4n) is 2.79. The van der Waals surface area contributed by atoms with Crippen LogP contribution in [-0.2, 0) is 6.54 Å². The minimum Gasteiger partial charge on any atom is -0.347 e. The molecule has 0 unspecified atom stereocenters. The number of aryl methyl sites for hydroxylation is 3. The topological polar surface area (TPSA) is 66.9 Å². The van der Waals surface area contributed by atoms with Gasteiger partial charge in [0.15, 0.2) is 0 Å². The van der Waals surface area contributed by atoms with Gasteiger partial charge >= 0.3 is 0 Å². The van der Waals surface area contributed by atoms with E-state index in [-0.39, 0.29) is 5.91 Å². The van der Waals surface area contributed by atoms with Gasteiger partial charge < -0.3 is 10.6 Å². The zero-order valence-corrected chi connectivity index (χ0v) is 15.2. The Kier molecular flexibility index (Phi) is 5.27. The van der Waals surface area contributed by atoms with Crippen molar-refractivity contribution in [3.05, 3.63) is 82.7 Å². The Balaban J connectivity index is 1.75. The number of aromatic nitrogens is 2. The molecule has 1 heterocycles. The Labute approximate surface area is 153 Å². The van der Waals surface area contributed by atoms with Gasteiger partial charge in [0.05, 0.1) is 0 Å². The molecule has 0 saturated heterocycles. The first-order valence-corrected chi connectivity index (χ1v) is 8.53. The van der Waals surface area contributed by atoms with Crippen LogP contribution in [0.3, 0.4) is 0 Å². The highest BCUT2D eigenvalue weighted by atomic mass is 16.1. The number of hydrogen-bond donors (Lipinski definition) is 2. The molecular formula is C21H22N4O. The molecule has 0 spiro atoms. The number of hydrogen-bond acceptors (Lipinski definition) is 4. The first kappa shape index (κ1) is 17.6. The second-order valence-electron chi connectivity index (χ2n) is 6.39. The summed E-state index contributed by atoms with van der Waals surface area (Å²) in [7, 11) is 0. The summed E-state index contributed by atoms with van der Waals surface area (Å²) in [6, 6.07) is 17.6. The molecule has 0 fully saturated rings. The highest BCUT2D eigenvalue weighted by molar-refractivity contribution is 5.92. The maximum atomic E-state index is 12.5. The third-order valence-electron chi connectivity index (χ3n) is 3.86. The Hall–Kier alpha value is -3.21. The Morgan fingerprint density at radius 2 is 1.62 bits per heavy atom. The van der Waals surface area contributed by atoms with Gasteiger partial charge in [-0.1, -0.05) is 36.4 Å². The summed E-state index contributed by atoms with van der Waals surface area (Å²) in [6.07, 6.45) is 0. The third-order valence-corrected chi connectivity index (χ3v) is 3.86. The van der Waals surface area contributed by atoms with Crippen LogP contribution in [0.25, 0.3) is 0 Å². The molecule has 0 aliphatic rings. The molecule has 0 radical (unpaired) electrons. The van der Waals surface area contributed by atoms with Crippen LogP contribution < -0.4 is 10.6 Å². The molecule has 0 bridgehead atoms. The second-order valence-corrected chi connectivity index (χ2v) is 6.39. The average Bonchev–Trinajstić information content (AvgIpc) is 2.59. The van der Waals surface area contributed by atoms with Crippen molar-refractivity contribution in [3.63, 3.8) is 0 Å². The van der Waals surface area contributed by atoms with Crippen LogP contribution in [0.15, 0.2) is 54.6 Å². The van der Waals surface area contributed by atoms with Crippen molar-refractivity contribution in [2.24, 2.45) is 0 Å². The van der Waals surface area contributed by atoms with E-state index >= 15 is 0 Å². The van der Waals surface area contributed by atoms with E-state index in [0.717, 1.165) is 28.1 Å². The van der Waals surface area contributed by atoms with E-state index in [4.69, 9.17) is 0 Å². The van der Waals surface area contributed by atoms with Crippen LogP contribution in [0, 0.1) is 20.8 Å². The maximum Gasteiger partial charge on any atom is 0.270 e. The van der Waals surface area contributed by atoms with Crippen LogP contribution in [0.5, 0.6) is 0 Å². The molecule has 2 aromatic carbocycles. The Bertz CT molecular complexity index is 902. The van der Waals surface area contributed by atoms with E-state index in [9.17, 15) is 4.79 Å². The molecule has 0 atom stereocenters. The zero-order chi connectivity index (χ0) is 18.5. The second kappa shape index (κ2) is 7.78. The summed E-state index contributed by atoms with van der Waals surface area (Å²) < 4.78 is 0. The maximum absolute atomic E-state index is 12.5. The lowest BCUT2D eigenvalue weighted by Crippen LogP contribution is -2.24. The van der Waals surface area contributed by atoms with Gasteiger partial charge in [-0.05, 0) is 55.7 Å². The van der Waals surface area contributed by atoms with Crippen molar-refractivity contribution in [1.82, 2.24) is 15.3 Å². The van der Waals surface area contributed by atoms with Crippen LogP contribution in [0.2, 0.25) is 0 Å². The monoisotopic (exact) mass is 346 g/mol. The molecule has 0 aliphatic heterocycles. The van der Waals surface area contributed by atoms with Crippen molar-refractivity contribution in [2.75, 3.05) is 5.32 Å². The summed E-state index contributed by atoms with van der Waals surface area (Å²) in [5.74, 6) is 0.197. The molecule has 132 valence electrons. The molecule has 1 amide bonds. The smallest absolute Gasteiger partial charge is 0.270 e. The molecule has 5 nitrogen and oxygen atoms in total. The molecule has 1 aromatic heterocycles. The fraction of sp³-hybridized carbons (Fsp3) is 0.190. The van der Waals surface area contributed by atoms with E-state index in [1.807, 2.05) is 63.2 Å². The highest BCUT2D eigenvalue weighted by Crippen LogP contribution is 2.18. The summed E-state index contributed by atoms with van der Waals surface area (Å²) >= 11 is 0. The van der Waals surface area contributed by atoms with E-state index in [1.165, 1.54) is 0 Å². The highest BCUT2D eigenvalue weighted by Gasteiger charge is 2.11. The predicted octanol–water partition coefficient (Wildman–Crippen LogP) is 4.08. The van der Waals surface area contributed by atoms with Gasteiger partial charge in [0.1, 0.15) is 5.69 Å². The average molecular weight is 346 g/mol. The van der Waals surface area contributed by atoms with Crippen LogP contribution >= 0.6 is 0 Å². The first-order valence-electron chi connectivity index (χ1n) is 8.53. The molecule has 26 heavy (non-hydrogen) atoms. The largest absolute Gasteiger partial charge is 0.347 e. The number of nitrogens with one attached hydrogen (secondary N) is 2. The van der Waals surface area contributed by atoms with Crippen LogP contribution in [0.4, 0.5) is 11.6 Å². The third kappa shape index (κ3) is 4.66. The molecular weight excluding hydrogens is 324 g/mol. The number of benzene rings is 2. The minimum atomic E-state index is -0.220. The summed E-state index contributed by atoms with van der Waals surface area (Å²) in [4.78, 5) is 21.2. The standard InChI is InChI=1S/C21H22N4O/c1-14-9-15(2)11-18(10-14)24-21-23-16(3)12-19(25-21)20(26)22-13-17-7-5-4-6-8-17/h4-12H,13H2,1-3H3,(H,22,26)(H,23,24,25). The number of anilines is 2. The molecule has 5 heteroatoms. The van der Waals surface area contributed by atoms with E-state index in [1.54, 1.807) is 6.07 Å². The normalized spacial score (nSPS) is 10.4. The lowest BCUT2D eigenvalue weighted by atomic mass is 10.1. The minimum absolute atomic E-state index is 0.220. The quantitative estimate of drug-likeness (QED) is 0.731. The number of carbonyl (C=O) groups is 1. The van der Waals surface area contributed by atoms with Crippen molar-refractivity contribution in [1.29, 1.82) is 0 Å². The van der Waals surface area contributed by atoms with Gasteiger partial charge in [0.2, 0.25) is 5.95 Å². The van der Waals surface area contributed by atoms with Gasteiger partial charge in [0.25, 0.3) is 5.91 Å². The number of rotatable bonds is 5. The Morgan fingerprint density at radius 1 is 0.923 bits per heavy atom. The molecule has 0 aliphatic carbocycles. The lowest BCUT2D eigenvalue weighted by Gasteiger charge is -2.10. The SMILES string of the molecule is Cc1cc(C)cc(Nc2nc(C)cc(C(=O)NCc3ccccc3)n2)c1. The van der Waals surface area contributed by atoms with Gasteiger partial charge in [-0.2, -0.15) is 0 Å². The summed E-state index contributed by atoms with van der Waals surface area (Å²) in [5.41, 5.74) is 5.34. The first-order chi connectivity index (χ1) is 12.5. The predicted molar refractivity (Wildman–Crippen MR) is 104 cm³/mol. The number of carbonyl (C=O) groups excluding carboxylic acids is 1. The van der Waals surface area contributed by atoms with Gasteiger partial charge in [-0.25, -0.2) is 9.97 Å². The molecule has 3 rings (SSSR count). The Morgan fingerprint density at radius 3 is 2.31 bits per heavy atom. The zero-order valence-electron chi connectivity index (χ0n) is 15.2. The fourth-order valence-corrected chi connectivity index (χ4v) is 2.79. The van der Waals surface area contributed by atoms with E-state index < -0.39 is 0 Å². The summed E-state index contributed by atoms with van der Waals surface area (Å²) in [5, 5.41) is 6.09. The van der Waals surface area contributed by atoms with Crippen molar-refractivity contribution < 1.29 is 4.79 Å².